The minimum Gasteiger partial charge on any atom is -0.484 e. The maximum absolute atomic E-state index is 12.7. The van der Waals surface area contributed by atoms with Crippen molar-refractivity contribution in [2.75, 3.05) is 19.0 Å². The monoisotopic (exact) mass is 546 g/mol. The van der Waals surface area contributed by atoms with Crippen molar-refractivity contribution >= 4 is 11.9 Å². The molecular formula is C30H26N8O3. The second-order valence-corrected chi connectivity index (χ2v) is 9.04. The molecule has 1 atom stereocenters. The quantitative estimate of drug-likeness (QED) is 0.269. The van der Waals surface area contributed by atoms with Crippen molar-refractivity contribution < 1.29 is 14.3 Å². The van der Waals surface area contributed by atoms with E-state index in [0.29, 0.717) is 40.5 Å². The largest absolute Gasteiger partial charge is 0.484 e. The first kappa shape index (κ1) is 27.1. The zero-order valence-electron chi connectivity index (χ0n) is 22.4. The van der Waals surface area contributed by atoms with Gasteiger partial charge in [0.25, 0.3) is 5.91 Å². The van der Waals surface area contributed by atoms with E-state index in [-0.39, 0.29) is 18.7 Å². The number of anilines is 1. The van der Waals surface area contributed by atoms with Crippen molar-refractivity contribution in [3.05, 3.63) is 102 Å². The van der Waals surface area contributed by atoms with E-state index >= 15 is 0 Å². The Kier molecular flexibility index (Phi) is 8.32. The number of rotatable bonds is 10. The standard InChI is InChI=1S/C30H26N8O3/c1-20(40-2)25-13-7-10-23(32-25)17-38-18-28(36-37-38)27-15-26(22-9-6-8-21(14-22)16-31)33-30(34-27)35-29(39)19-41-24-11-4-3-5-12-24/h3-15,18,20H,17,19H2,1-2H3,(H,33,34,35,39). The molecule has 11 nitrogen and oxygen atoms in total. The predicted molar refractivity (Wildman–Crippen MR) is 151 cm³/mol. The lowest BCUT2D eigenvalue weighted by molar-refractivity contribution is -0.118. The summed E-state index contributed by atoms with van der Waals surface area (Å²) in [7, 11) is 1.64. The molecule has 204 valence electrons. The molecule has 0 bridgehead atoms. The Balaban J connectivity index is 1.41. The van der Waals surface area contributed by atoms with Crippen LogP contribution in [0.2, 0.25) is 0 Å². The van der Waals surface area contributed by atoms with Gasteiger partial charge in [-0.2, -0.15) is 5.26 Å². The van der Waals surface area contributed by atoms with Crippen LogP contribution in [0.1, 0.15) is 30.0 Å². The van der Waals surface area contributed by atoms with Crippen molar-refractivity contribution in [1.82, 2.24) is 29.9 Å². The summed E-state index contributed by atoms with van der Waals surface area (Å²) in [5, 5.41) is 20.6. The van der Waals surface area contributed by atoms with E-state index in [1.54, 1.807) is 54.4 Å². The SMILES string of the molecule is COC(C)c1cccc(Cn2cc(-c3cc(-c4cccc(C#N)c4)nc(NC(=O)COc4ccccc4)n3)nn2)n1. The van der Waals surface area contributed by atoms with E-state index in [9.17, 15) is 10.1 Å². The van der Waals surface area contributed by atoms with E-state index < -0.39 is 5.91 Å². The molecule has 0 aliphatic carbocycles. The highest BCUT2D eigenvalue weighted by Gasteiger charge is 2.15. The molecule has 0 aliphatic heterocycles. The molecule has 5 aromatic rings. The van der Waals surface area contributed by atoms with Crippen molar-refractivity contribution in [2.24, 2.45) is 0 Å². The molecule has 2 aromatic carbocycles. The third kappa shape index (κ3) is 6.95. The third-order valence-corrected chi connectivity index (χ3v) is 6.10. The number of nitriles is 1. The zero-order chi connectivity index (χ0) is 28.6. The highest BCUT2D eigenvalue weighted by Crippen LogP contribution is 2.25. The average molecular weight is 547 g/mol. The van der Waals surface area contributed by atoms with Crippen LogP contribution in [0.15, 0.2) is 85.1 Å². The van der Waals surface area contributed by atoms with Gasteiger partial charge < -0.3 is 9.47 Å². The average Bonchev–Trinajstić information content (AvgIpc) is 3.48. The summed E-state index contributed by atoms with van der Waals surface area (Å²) in [6.07, 6.45) is 1.61. The van der Waals surface area contributed by atoms with Crippen LogP contribution in [-0.4, -0.2) is 49.6 Å². The Morgan fingerprint density at radius 2 is 1.78 bits per heavy atom. The number of carbonyl (C=O) groups excluding carboxylic acids is 1. The minimum absolute atomic E-state index is 0.0685. The van der Waals surface area contributed by atoms with Crippen molar-refractivity contribution in [3.8, 4) is 34.5 Å². The number of nitrogens with zero attached hydrogens (tertiary/aromatic N) is 7. The molecule has 3 heterocycles. The molecule has 0 radical (unpaired) electrons. The smallest absolute Gasteiger partial charge is 0.264 e. The molecular weight excluding hydrogens is 520 g/mol. The fourth-order valence-electron chi connectivity index (χ4n) is 3.95. The molecule has 11 heteroatoms. The molecule has 0 spiro atoms. The summed E-state index contributed by atoms with van der Waals surface area (Å²) in [5.74, 6) is 0.210. The lowest BCUT2D eigenvalue weighted by atomic mass is 10.1. The molecule has 41 heavy (non-hydrogen) atoms. The molecule has 1 amide bonds. The second kappa shape index (κ2) is 12.6. The Morgan fingerprint density at radius 1 is 0.976 bits per heavy atom. The number of para-hydroxylation sites is 1. The van der Waals surface area contributed by atoms with Crippen LogP contribution in [0.5, 0.6) is 5.75 Å². The van der Waals surface area contributed by atoms with Gasteiger partial charge >= 0.3 is 0 Å². The van der Waals surface area contributed by atoms with Gasteiger partial charge in [0.1, 0.15) is 11.4 Å². The number of hydrogen-bond acceptors (Lipinski definition) is 9. The third-order valence-electron chi connectivity index (χ3n) is 6.10. The fraction of sp³-hybridized carbons (Fsp3) is 0.167. The minimum atomic E-state index is -0.428. The summed E-state index contributed by atoms with van der Waals surface area (Å²) in [6.45, 7) is 2.10. The summed E-state index contributed by atoms with van der Waals surface area (Å²) < 4.78 is 12.6. The molecule has 0 saturated heterocycles. The molecule has 5 rings (SSSR count). The Hall–Kier alpha value is -5.47. The van der Waals surface area contributed by atoms with E-state index in [1.165, 1.54) is 0 Å². The number of hydrogen-bond donors (Lipinski definition) is 1. The number of pyridine rings is 1. The van der Waals surface area contributed by atoms with Gasteiger partial charge in [0.05, 0.1) is 53.3 Å². The Labute approximate surface area is 236 Å². The van der Waals surface area contributed by atoms with Gasteiger partial charge in [0.2, 0.25) is 5.95 Å². The lowest BCUT2D eigenvalue weighted by Crippen LogP contribution is -2.21. The van der Waals surface area contributed by atoms with Crippen LogP contribution in [0, 0.1) is 11.3 Å². The van der Waals surface area contributed by atoms with Crippen LogP contribution in [0.3, 0.4) is 0 Å². The van der Waals surface area contributed by atoms with Crippen molar-refractivity contribution in [3.63, 3.8) is 0 Å². The molecule has 1 N–H and O–H groups in total. The van der Waals surface area contributed by atoms with Gasteiger partial charge in [0.15, 0.2) is 6.61 Å². The molecule has 0 saturated carbocycles. The van der Waals surface area contributed by atoms with Crippen LogP contribution in [-0.2, 0) is 16.1 Å². The van der Waals surface area contributed by atoms with Gasteiger partial charge in [0, 0.05) is 12.7 Å². The van der Waals surface area contributed by atoms with E-state index in [4.69, 9.17) is 9.47 Å². The Bertz CT molecular complexity index is 1700. The first-order valence-corrected chi connectivity index (χ1v) is 12.8. The van der Waals surface area contributed by atoms with Gasteiger partial charge in [-0.25, -0.2) is 14.6 Å². The Morgan fingerprint density at radius 3 is 2.59 bits per heavy atom. The first-order valence-electron chi connectivity index (χ1n) is 12.8. The van der Waals surface area contributed by atoms with Gasteiger partial charge in [-0.15, -0.1) is 5.10 Å². The number of benzene rings is 2. The number of amides is 1. The summed E-state index contributed by atoms with van der Waals surface area (Å²) in [4.78, 5) is 26.4. The van der Waals surface area contributed by atoms with Crippen molar-refractivity contribution in [2.45, 2.75) is 19.6 Å². The second-order valence-electron chi connectivity index (χ2n) is 9.04. The van der Waals surface area contributed by atoms with E-state index in [1.807, 2.05) is 49.4 Å². The number of methoxy groups -OCH3 is 1. The summed E-state index contributed by atoms with van der Waals surface area (Å²) >= 11 is 0. The zero-order valence-corrected chi connectivity index (χ0v) is 22.4. The number of carbonyl (C=O) groups is 1. The van der Waals surface area contributed by atoms with E-state index in [0.717, 1.165) is 11.4 Å². The van der Waals surface area contributed by atoms with Crippen molar-refractivity contribution in [1.29, 1.82) is 5.26 Å². The molecule has 1 unspecified atom stereocenters. The highest BCUT2D eigenvalue weighted by atomic mass is 16.5. The molecule has 3 aromatic heterocycles. The lowest BCUT2D eigenvalue weighted by Gasteiger charge is -2.10. The van der Waals surface area contributed by atoms with Crippen LogP contribution < -0.4 is 10.1 Å². The maximum atomic E-state index is 12.7. The summed E-state index contributed by atoms with van der Waals surface area (Å²) in [6, 6.07) is 25.7. The first-order chi connectivity index (χ1) is 20.0. The number of ether oxygens (including phenoxy) is 2. The van der Waals surface area contributed by atoms with E-state index in [2.05, 4.69) is 36.7 Å². The van der Waals surface area contributed by atoms with Crippen LogP contribution >= 0.6 is 0 Å². The topological polar surface area (TPSA) is 141 Å². The normalized spacial score (nSPS) is 11.4. The van der Waals surface area contributed by atoms with Crippen LogP contribution in [0.25, 0.3) is 22.6 Å². The van der Waals surface area contributed by atoms with Gasteiger partial charge in [-0.3, -0.25) is 15.1 Å². The van der Waals surface area contributed by atoms with Gasteiger partial charge in [-0.1, -0.05) is 41.6 Å². The summed E-state index contributed by atoms with van der Waals surface area (Å²) in [5.41, 5.74) is 4.20. The highest BCUT2D eigenvalue weighted by molar-refractivity contribution is 5.90. The maximum Gasteiger partial charge on any atom is 0.264 e. The fourth-order valence-corrected chi connectivity index (χ4v) is 3.95. The van der Waals surface area contributed by atoms with Gasteiger partial charge in [-0.05, 0) is 49.4 Å². The number of nitrogens with one attached hydrogen (secondary N) is 1. The number of aromatic nitrogens is 6. The van der Waals surface area contributed by atoms with Crippen LogP contribution in [0.4, 0.5) is 5.95 Å². The molecule has 0 fully saturated rings. The predicted octanol–water partition coefficient (Wildman–Crippen LogP) is 4.44. The molecule has 0 aliphatic rings.